The number of nitrogens with one attached hydrogen (secondary N) is 1. The number of hydrogen-bond acceptors (Lipinski definition) is 5. The van der Waals surface area contributed by atoms with Crippen molar-refractivity contribution in [2.75, 3.05) is 13.1 Å². The summed E-state index contributed by atoms with van der Waals surface area (Å²) in [5.74, 6) is 0.669. The molecular weight excluding hydrogens is 418 g/mol. The molecule has 1 aliphatic heterocycles. The summed E-state index contributed by atoms with van der Waals surface area (Å²) in [4.78, 5) is 46.4. The van der Waals surface area contributed by atoms with Crippen molar-refractivity contribution in [1.82, 2.24) is 24.0 Å². The number of hydrogen-bond donors (Lipinski definition) is 1. The quantitative estimate of drug-likeness (QED) is 0.653. The maximum Gasteiger partial charge on any atom is 0.332 e. The predicted octanol–water partition coefficient (Wildman–Crippen LogP) is 1.34. The van der Waals surface area contributed by atoms with Gasteiger partial charge in [-0.3, -0.25) is 18.7 Å². The van der Waals surface area contributed by atoms with Crippen molar-refractivity contribution in [1.29, 1.82) is 0 Å². The van der Waals surface area contributed by atoms with Crippen LogP contribution in [0.4, 0.5) is 0 Å². The van der Waals surface area contributed by atoms with Gasteiger partial charge in [-0.2, -0.15) is 0 Å². The number of aromatic amines is 1. The molecule has 4 rings (SSSR count). The highest BCUT2D eigenvalue weighted by Crippen LogP contribution is 2.27. The van der Waals surface area contributed by atoms with Crippen LogP contribution >= 0.6 is 15.9 Å². The molecule has 0 bridgehead atoms. The standard InChI is InChI=1S/C17H18BrN5O4/c1-21-14-12(16(25)22(2)17(21)26)19-13(20-14)9-4-3-7-23(8-9)15(24)10-5-6-11(18)27-10/h5-6,9H,3-4,7-8H2,1-2H3,(H,19,20). The molecule has 3 aromatic heterocycles. The third-order valence-corrected chi connectivity index (χ3v) is 5.42. The number of imidazole rings is 1. The van der Waals surface area contributed by atoms with Crippen LogP contribution in [0, 0.1) is 0 Å². The van der Waals surface area contributed by atoms with Gasteiger partial charge in [-0.05, 0) is 40.9 Å². The number of H-pyrrole nitrogens is 1. The van der Waals surface area contributed by atoms with Crippen LogP contribution in [0.2, 0.25) is 0 Å². The molecule has 142 valence electrons. The fourth-order valence-electron chi connectivity index (χ4n) is 3.51. The van der Waals surface area contributed by atoms with E-state index in [1.807, 2.05) is 0 Å². The van der Waals surface area contributed by atoms with Gasteiger partial charge < -0.3 is 14.3 Å². The third kappa shape index (κ3) is 2.93. The van der Waals surface area contributed by atoms with Gasteiger partial charge in [0.2, 0.25) is 0 Å². The van der Waals surface area contributed by atoms with E-state index in [4.69, 9.17) is 4.42 Å². The Labute approximate surface area is 161 Å². The summed E-state index contributed by atoms with van der Waals surface area (Å²) in [6.45, 7) is 1.10. The summed E-state index contributed by atoms with van der Waals surface area (Å²) < 4.78 is 8.27. The van der Waals surface area contributed by atoms with Gasteiger partial charge in [0.1, 0.15) is 11.3 Å². The van der Waals surface area contributed by atoms with E-state index in [1.165, 1.54) is 11.6 Å². The van der Waals surface area contributed by atoms with E-state index in [-0.39, 0.29) is 17.6 Å². The molecule has 9 nitrogen and oxygen atoms in total. The number of nitrogens with zero attached hydrogens (tertiary/aromatic N) is 4. The average Bonchev–Trinajstić information content (AvgIpc) is 3.31. The normalized spacial score (nSPS) is 17.6. The van der Waals surface area contributed by atoms with Crippen LogP contribution in [0.1, 0.15) is 35.1 Å². The first-order chi connectivity index (χ1) is 12.9. The topological polar surface area (TPSA) is 106 Å². The van der Waals surface area contributed by atoms with Crippen LogP contribution in [0.3, 0.4) is 0 Å². The van der Waals surface area contributed by atoms with Gasteiger partial charge in [-0.1, -0.05) is 0 Å². The van der Waals surface area contributed by atoms with Gasteiger partial charge in [0.25, 0.3) is 11.5 Å². The number of halogens is 1. The Hall–Kier alpha value is -2.62. The van der Waals surface area contributed by atoms with Gasteiger partial charge in [-0.25, -0.2) is 9.78 Å². The van der Waals surface area contributed by atoms with E-state index in [2.05, 4.69) is 25.9 Å². The van der Waals surface area contributed by atoms with Crippen molar-refractivity contribution in [2.45, 2.75) is 18.8 Å². The minimum absolute atomic E-state index is 0.0479. The van der Waals surface area contributed by atoms with E-state index < -0.39 is 11.2 Å². The maximum atomic E-state index is 12.6. The lowest BCUT2D eigenvalue weighted by Crippen LogP contribution is -2.39. The van der Waals surface area contributed by atoms with Crippen molar-refractivity contribution >= 4 is 33.0 Å². The maximum absolute atomic E-state index is 12.6. The summed E-state index contributed by atoms with van der Waals surface area (Å²) in [7, 11) is 3.02. The highest BCUT2D eigenvalue weighted by molar-refractivity contribution is 9.10. The predicted molar refractivity (Wildman–Crippen MR) is 101 cm³/mol. The molecule has 0 aliphatic carbocycles. The summed E-state index contributed by atoms with van der Waals surface area (Å²) in [5, 5.41) is 0. The lowest BCUT2D eigenvalue weighted by molar-refractivity contribution is 0.0671. The molecule has 0 aromatic carbocycles. The average molecular weight is 436 g/mol. The molecule has 1 unspecified atom stereocenters. The van der Waals surface area contributed by atoms with Crippen LogP contribution in [-0.2, 0) is 14.1 Å². The van der Waals surface area contributed by atoms with Gasteiger partial charge in [-0.15, -0.1) is 0 Å². The monoisotopic (exact) mass is 435 g/mol. The molecule has 1 saturated heterocycles. The van der Waals surface area contributed by atoms with Gasteiger partial charge in [0.15, 0.2) is 16.1 Å². The second-order valence-electron chi connectivity index (χ2n) is 6.72. The Balaban J connectivity index is 1.66. The smallest absolute Gasteiger partial charge is 0.332 e. The van der Waals surface area contributed by atoms with E-state index in [9.17, 15) is 14.4 Å². The zero-order chi connectivity index (χ0) is 19.3. The number of piperidine rings is 1. The molecule has 3 aromatic rings. The van der Waals surface area contributed by atoms with Crippen molar-refractivity contribution in [3.8, 4) is 0 Å². The number of likely N-dealkylation sites (tertiary alicyclic amines) is 1. The zero-order valence-electron chi connectivity index (χ0n) is 14.9. The number of amides is 1. The molecule has 10 heteroatoms. The number of carbonyl (C=O) groups is 1. The molecule has 1 amide bonds. The Kier molecular flexibility index (Phi) is 4.29. The lowest BCUT2D eigenvalue weighted by Gasteiger charge is -2.31. The zero-order valence-corrected chi connectivity index (χ0v) is 16.4. The third-order valence-electron chi connectivity index (χ3n) is 4.99. The summed E-state index contributed by atoms with van der Waals surface area (Å²) in [6, 6.07) is 3.32. The van der Waals surface area contributed by atoms with Crippen LogP contribution < -0.4 is 11.2 Å². The molecule has 1 aliphatic rings. The van der Waals surface area contributed by atoms with E-state index in [0.29, 0.717) is 34.7 Å². The molecule has 1 fully saturated rings. The summed E-state index contributed by atoms with van der Waals surface area (Å²) >= 11 is 3.21. The number of furan rings is 1. The molecular formula is C17H18BrN5O4. The first-order valence-corrected chi connectivity index (χ1v) is 9.36. The number of rotatable bonds is 2. The van der Waals surface area contributed by atoms with Crippen LogP contribution in [0.25, 0.3) is 11.2 Å². The Bertz CT molecular complexity index is 1150. The second kappa shape index (κ2) is 6.52. The van der Waals surface area contributed by atoms with Crippen LogP contribution in [-0.4, -0.2) is 43.0 Å². The molecule has 4 heterocycles. The molecule has 1 N–H and O–H groups in total. The largest absolute Gasteiger partial charge is 0.444 e. The lowest BCUT2D eigenvalue weighted by atomic mass is 9.97. The molecule has 0 spiro atoms. The summed E-state index contributed by atoms with van der Waals surface area (Å²) in [5.41, 5.74) is -0.199. The van der Waals surface area contributed by atoms with Crippen LogP contribution in [0.5, 0.6) is 0 Å². The highest BCUT2D eigenvalue weighted by Gasteiger charge is 2.29. The van der Waals surface area contributed by atoms with Crippen molar-refractivity contribution in [3.63, 3.8) is 0 Å². The highest BCUT2D eigenvalue weighted by atomic mass is 79.9. The first kappa shape index (κ1) is 17.8. The van der Waals surface area contributed by atoms with Gasteiger partial charge in [0.05, 0.1) is 0 Å². The minimum atomic E-state index is -0.422. The van der Waals surface area contributed by atoms with Gasteiger partial charge >= 0.3 is 5.69 Å². The Morgan fingerprint density at radius 1 is 1.30 bits per heavy atom. The molecule has 0 radical (unpaired) electrons. The van der Waals surface area contributed by atoms with Crippen LogP contribution in [0.15, 0.2) is 30.8 Å². The molecule has 27 heavy (non-hydrogen) atoms. The number of carbonyl (C=O) groups excluding carboxylic acids is 1. The number of aromatic nitrogens is 4. The van der Waals surface area contributed by atoms with E-state index in [0.717, 1.165) is 17.4 Å². The van der Waals surface area contributed by atoms with Gasteiger partial charge in [0, 0.05) is 33.1 Å². The van der Waals surface area contributed by atoms with Crippen molar-refractivity contribution in [3.05, 3.63) is 49.2 Å². The minimum Gasteiger partial charge on any atom is -0.444 e. The Morgan fingerprint density at radius 3 is 2.78 bits per heavy atom. The molecule has 0 saturated carbocycles. The first-order valence-electron chi connectivity index (χ1n) is 8.57. The second-order valence-corrected chi connectivity index (χ2v) is 7.50. The number of aryl methyl sites for hydroxylation is 1. The molecule has 1 atom stereocenters. The Morgan fingerprint density at radius 2 is 2.07 bits per heavy atom. The fourth-order valence-corrected chi connectivity index (χ4v) is 3.81. The number of fused-ring (bicyclic) bond motifs is 1. The van der Waals surface area contributed by atoms with E-state index in [1.54, 1.807) is 24.1 Å². The SMILES string of the molecule is Cn1c(=O)c2[nH]c(C3CCCN(C(=O)c4ccc(Br)o4)C3)nc2n(C)c1=O. The van der Waals surface area contributed by atoms with Crippen molar-refractivity contribution < 1.29 is 9.21 Å². The summed E-state index contributed by atoms with van der Waals surface area (Å²) in [6.07, 6.45) is 1.64. The van der Waals surface area contributed by atoms with Crippen molar-refractivity contribution in [2.24, 2.45) is 14.1 Å². The fraction of sp³-hybridized carbons (Fsp3) is 0.412. The van der Waals surface area contributed by atoms with E-state index >= 15 is 0 Å².